The zero-order valence-electron chi connectivity index (χ0n) is 14.3. The van der Waals surface area contributed by atoms with Gasteiger partial charge in [-0.3, -0.25) is 9.20 Å². The molecule has 6 nitrogen and oxygen atoms in total. The van der Waals surface area contributed by atoms with Gasteiger partial charge < -0.3 is 15.2 Å². The lowest BCUT2D eigenvalue weighted by molar-refractivity contribution is 0.0909. The number of rotatable bonds is 6. The molecule has 1 aromatic carbocycles. The normalized spacial score (nSPS) is 12.1. The summed E-state index contributed by atoms with van der Waals surface area (Å²) in [5.41, 5.74) is 2.49. The maximum Gasteiger partial charge on any atom is 0.270 e. The van der Waals surface area contributed by atoms with Gasteiger partial charge in [-0.1, -0.05) is 30.3 Å². The summed E-state index contributed by atoms with van der Waals surface area (Å²) in [5.74, 6) is 0.343. The van der Waals surface area contributed by atoms with E-state index in [2.05, 4.69) is 10.3 Å². The molecule has 0 radical (unpaired) electrons. The van der Waals surface area contributed by atoms with E-state index >= 15 is 0 Å². The van der Waals surface area contributed by atoms with Gasteiger partial charge in [0.1, 0.15) is 5.69 Å². The van der Waals surface area contributed by atoms with E-state index in [1.54, 1.807) is 17.5 Å². The summed E-state index contributed by atoms with van der Waals surface area (Å²) in [6.45, 7) is 4.02. The molecular weight excluding hydrogens is 318 g/mol. The highest BCUT2D eigenvalue weighted by Crippen LogP contribution is 2.22. The van der Waals surface area contributed by atoms with Crippen molar-refractivity contribution in [1.82, 2.24) is 14.7 Å². The molecule has 0 unspecified atom stereocenters. The van der Waals surface area contributed by atoms with Crippen LogP contribution >= 0.6 is 0 Å². The van der Waals surface area contributed by atoms with E-state index in [1.165, 1.54) is 0 Å². The number of pyridine rings is 1. The number of hydrogen-bond donors (Lipinski definition) is 2. The van der Waals surface area contributed by atoms with Crippen molar-refractivity contribution in [2.24, 2.45) is 0 Å². The third-order valence-electron chi connectivity index (χ3n) is 3.99. The monoisotopic (exact) mass is 339 g/mol. The zero-order chi connectivity index (χ0) is 17.8. The Labute approximate surface area is 146 Å². The predicted molar refractivity (Wildman–Crippen MR) is 94.8 cm³/mol. The zero-order valence-corrected chi connectivity index (χ0v) is 14.3. The average Bonchev–Trinajstić information content (AvgIpc) is 2.97. The number of nitrogens with one attached hydrogen (secondary N) is 1. The number of aromatic nitrogens is 2. The number of benzene rings is 1. The van der Waals surface area contributed by atoms with Crippen LogP contribution in [-0.2, 0) is 0 Å². The molecule has 0 saturated carbocycles. The summed E-state index contributed by atoms with van der Waals surface area (Å²) < 4.78 is 7.30. The van der Waals surface area contributed by atoms with Gasteiger partial charge >= 0.3 is 0 Å². The molecule has 1 atom stereocenters. The van der Waals surface area contributed by atoms with Crippen molar-refractivity contribution < 1.29 is 14.6 Å². The summed E-state index contributed by atoms with van der Waals surface area (Å²) in [5, 5.41) is 12.5. The third kappa shape index (κ3) is 3.34. The predicted octanol–water partition coefficient (Wildman–Crippen LogP) is 2.50. The van der Waals surface area contributed by atoms with Crippen molar-refractivity contribution >= 4 is 11.6 Å². The van der Waals surface area contributed by atoms with Gasteiger partial charge in [0.2, 0.25) is 0 Å². The Morgan fingerprint density at radius 3 is 2.72 bits per heavy atom. The maximum atomic E-state index is 12.8. The molecule has 0 fully saturated rings. The number of imidazole rings is 1. The number of aliphatic hydroxyl groups is 1. The quantitative estimate of drug-likeness (QED) is 0.723. The minimum atomic E-state index is -0.478. The van der Waals surface area contributed by atoms with Crippen LogP contribution in [0.3, 0.4) is 0 Å². The van der Waals surface area contributed by atoms with Gasteiger partial charge in [-0.15, -0.1) is 0 Å². The molecule has 25 heavy (non-hydrogen) atoms. The fraction of sp³-hybridized carbons (Fsp3) is 0.263. The van der Waals surface area contributed by atoms with Gasteiger partial charge in [0, 0.05) is 6.20 Å². The van der Waals surface area contributed by atoms with Crippen LogP contribution in [0, 0.1) is 6.92 Å². The fourth-order valence-electron chi connectivity index (χ4n) is 2.84. The van der Waals surface area contributed by atoms with Crippen molar-refractivity contribution in [2.45, 2.75) is 19.9 Å². The largest absolute Gasteiger partial charge is 0.490 e. The van der Waals surface area contributed by atoms with E-state index in [0.29, 0.717) is 29.4 Å². The van der Waals surface area contributed by atoms with E-state index in [9.17, 15) is 9.90 Å². The molecule has 2 heterocycles. The highest BCUT2D eigenvalue weighted by Gasteiger charge is 2.21. The first kappa shape index (κ1) is 17.0. The van der Waals surface area contributed by atoms with Crippen LogP contribution in [0.2, 0.25) is 0 Å². The second-order valence-electron chi connectivity index (χ2n) is 5.66. The van der Waals surface area contributed by atoms with Crippen LogP contribution in [0.5, 0.6) is 5.75 Å². The molecule has 0 aliphatic rings. The molecule has 2 N–H and O–H groups in total. The Hall–Kier alpha value is -2.86. The summed E-state index contributed by atoms with van der Waals surface area (Å²) in [7, 11) is 0. The van der Waals surface area contributed by atoms with Crippen molar-refractivity contribution in [3.63, 3.8) is 0 Å². The van der Waals surface area contributed by atoms with Crippen LogP contribution in [0.4, 0.5) is 0 Å². The molecule has 2 aromatic heterocycles. The molecule has 6 heteroatoms. The number of amides is 1. The van der Waals surface area contributed by atoms with Gasteiger partial charge in [-0.2, -0.15) is 0 Å². The molecule has 0 aliphatic carbocycles. The van der Waals surface area contributed by atoms with Crippen LogP contribution in [0.15, 0.2) is 48.7 Å². The maximum absolute atomic E-state index is 12.8. The Morgan fingerprint density at radius 1 is 1.28 bits per heavy atom. The van der Waals surface area contributed by atoms with Crippen molar-refractivity contribution in [1.29, 1.82) is 0 Å². The minimum Gasteiger partial charge on any atom is -0.490 e. The lowest BCUT2D eigenvalue weighted by atomic mass is 10.1. The molecule has 0 saturated heterocycles. The standard InChI is InChI=1S/C19H21N3O3/c1-3-25-16-10-7-11-22-17(13(2)20-18(16)22)19(24)21-15(12-23)14-8-5-4-6-9-14/h4-11,15,23H,3,12H2,1-2H3,(H,21,24)/t15-/m1/s1. The van der Waals surface area contributed by atoms with E-state index in [-0.39, 0.29) is 12.5 Å². The number of carbonyl (C=O) groups excluding carboxylic acids is 1. The lowest BCUT2D eigenvalue weighted by Gasteiger charge is -2.17. The van der Waals surface area contributed by atoms with Gasteiger partial charge in [0.05, 0.1) is 24.9 Å². The third-order valence-corrected chi connectivity index (χ3v) is 3.99. The van der Waals surface area contributed by atoms with Crippen LogP contribution in [0.25, 0.3) is 5.65 Å². The molecule has 0 bridgehead atoms. The Kier molecular flexibility index (Phi) is 5.00. The second-order valence-corrected chi connectivity index (χ2v) is 5.66. The average molecular weight is 339 g/mol. The number of carbonyl (C=O) groups is 1. The van der Waals surface area contributed by atoms with Crippen molar-refractivity contribution in [3.8, 4) is 5.75 Å². The first-order chi connectivity index (χ1) is 12.2. The number of nitrogens with zero attached hydrogens (tertiary/aromatic N) is 2. The summed E-state index contributed by atoms with van der Waals surface area (Å²) in [4.78, 5) is 17.3. The van der Waals surface area contributed by atoms with Gasteiger partial charge in [0.15, 0.2) is 11.4 Å². The molecule has 0 aliphatic heterocycles. The molecule has 130 valence electrons. The molecule has 3 rings (SSSR count). The van der Waals surface area contributed by atoms with Crippen molar-refractivity contribution in [2.75, 3.05) is 13.2 Å². The number of aryl methyl sites for hydroxylation is 1. The van der Waals surface area contributed by atoms with Crippen LogP contribution in [0.1, 0.15) is 34.7 Å². The highest BCUT2D eigenvalue weighted by molar-refractivity contribution is 5.95. The minimum absolute atomic E-state index is 0.185. The molecule has 0 spiro atoms. The van der Waals surface area contributed by atoms with Crippen LogP contribution in [-0.4, -0.2) is 33.6 Å². The Balaban J connectivity index is 1.94. The smallest absolute Gasteiger partial charge is 0.270 e. The summed E-state index contributed by atoms with van der Waals surface area (Å²) >= 11 is 0. The van der Waals surface area contributed by atoms with Crippen LogP contribution < -0.4 is 10.1 Å². The van der Waals surface area contributed by atoms with E-state index in [1.807, 2.05) is 49.4 Å². The number of ether oxygens (including phenoxy) is 1. The van der Waals surface area contributed by atoms with E-state index < -0.39 is 6.04 Å². The first-order valence-electron chi connectivity index (χ1n) is 8.22. The number of fused-ring (bicyclic) bond motifs is 1. The van der Waals surface area contributed by atoms with E-state index in [4.69, 9.17) is 4.74 Å². The fourth-order valence-corrected chi connectivity index (χ4v) is 2.84. The summed E-state index contributed by atoms with van der Waals surface area (Å²) in [6.07, 6.45) is 1.78. The van der Waals surface area contributed by atoms with Gasteiger partial charge in [0.25, 0.3) is 5.91 Å². The molecule has 3 aromatic rings. The number of aliphatic hydroxyl groups excluding tert-OH is 1. The van der Waals surface area contributed by atoms with Crippen molar-refractivity contribution in [3.05, 3.63) is 65.6 Å². The first-order valence-corrected chi connectivity index (χ1v) is 8.22. The highest BCUT2D eigenvalue weighted by atomic mass is 16.5. The summed E-state index contributed by atoms with van der Waals surface area (Å²) in [6, 6.07) is 12.5. The Bertz CT molecular complexity index is 874. The lowest BCUT2D eigenvalue weighted by Crippen LogP contribution is -2.32. The molecule has 1 amide bonds. The van der Waals surface area contributed by atoms with Gasteiger partial charge in [-0.05, 0) is 31.5 Å². The number of hydrogen-bond acceptors (Lipinski definition) is 4. The van der Waals surface area contributed by atoms with E-state index in [0.717, 1.165) is 5.56 Å². The second kappa shape index (κ2) is 7.36. The van der Waals surface area contributed by atoms with Gasteiger partial charge in [-0.25, -0.2) is 4.98 Å². The topological polar surface area (TPSA) is 75.9 Å². The SMILES string of the molecule is CCOc1cccn2c(C(=O)N[C@H](CO)c3ccccc3)c(C)nc12. The Morgan fingerprint density at radius 2 is 2.04 bits per heavy atom. The molecular formula is C19H21N3O3.